The summed E-state index contributed by atoms with van der Waals surface area (Å²) in [7, 11) is 0. The molecule has 21 heavy (non-hydrogen) atoms. The van der Waals surface area contributed by atoms with Gasteiger partial charge in [-0.15, -0.1) is 0 Å². The first-order valence-electron chi connectivity index (χ1n) is 7.55. The van der Waals surface area contributed by atoms with Gasteiger partial charge in [-0.3, -0.25) is 0 Å². The van der Waals surface area contributed by atoms with E-state index in [1.807, 2.05) is 6.07 Å². The number of aliphatic carboxylic acids is 1. The van der Waals surface area contributed by atoms with Gasteiger partial charge in [-0.05, 0) is 42.5 Å². The molecule has 2 rings (SSSR count). The highest BCUT2D eigenvalue weighted by atomic mass is 79.9. The van der Waals surface area contributed by atoms with Crippen LogP contribution < -0.4 is 4.90 Å². The lowest BCUT2D eigenvalue weighted by Gasteiger charge is -2.33. The molecule has 1 fully saturated rings. The highest BCUT2D eigenvalue weighted by Gasteiger charge is 2.19. The number of piperidine rings is 1. The number of hydrogen-bond acceptors (Lipinski definition) is 2. The first-order chi connectivity index (χ1) is 10.1. The van der Waals surface area contributed by atoms with Crippen molar-refractivity contribution in [1.82, 2.24) is 0 Å². The molecule has 1 aromatic carbocycles. The van der Waals surface area contributed by atoms with Crippen LogP contribution in [0.15, 0.2) is 28.7 Å². The third-order valence-corrected chi connectivity index (χ3v) is 4.75. The molecule has 1 saturated heterocycles. The summed E-state index contributed by atoms with van der Waals surface area (Å²) in [6.07, 6.45) is 7.94. The molecule has 0 bridgehead atoms. The fraction of sp³-hybridized carbons (Fsp3) is 0.471. The van der Waals surface area contributed by atoms with Crippen LogP contribution in [0, 0.1) is 5.92 Å². The van der Waals surface area contributed by atoms with E-state index in [4.69, 9.17) is 5.11 Å². The van der Waals surface area contributed by atoms with Gasteiger partial charge in [0.15, 0.2) is 0 Å². The van der Waals surface area contributed by atoms with Crippen molar-refractivity contribution in [3.63, 3.8) is 0 Å². The number of benzene rings is 1. The molecule has 0 atom stereocenters. The van der Waals surface area contributed by atoms with Crippen LogP contribution in [0.4, 0.5) is 5.69 Å². The third-order valence-electron chi connectivity index (χ3n) is 4.07. The van der Waals surface area contributed by atoms with Crippen molar-refractivity contribution in [1.29, 1.82) is 0 Å². The average molecular weight is 352 g/mol. The molecule has 0 aliphatic carbocycles. The van der Waals surface area contributed by atoms with Crippen LogP contribution in [0.3, 0.4) is 0 Å². The van der Waals surface area contributed by atoms with Crippen LogP contribution in [0.5, 0.6) is 0 Å². The molecule has 0 aromatic heterocycles. The molecular formula is C17H22BrNO2. The number of carboxylic acid groups (broad SMARTS) is 1. The third kappa shape index (κ3) is 4.60. The van der Waals surface area contributed by atoms with E-state index >= 15 is 0 Å². The zero-order chi connectivity index (χ0) is 15.2. The summed E-state index contributed by atoms with van der Waals surface area (Å²) < 4.78 is 0.938. The van der Waals surface area contributed by atoms with Gasteiger partial charge in [0.1, 0.15) is 0 Å². The Labute approximate surface area is 134 Å². The maximum Gasteiger partial charge on any atom is 0.328 e. The van der Waals surface area contributed by atoms with Gasteiger partial charge in [-0.1, -0.05) is 41.8 Å². The molecule has 0 amide bonds. The average Bonchev–Trinajstić information content (AvgIpc) is 2.47. The van der Waals surface area contributed by atoms with E-state index < -0.39 is 5.97 Å². The molecule has 0 spiro atoms. The SMILES string of the molecule is CCCC1CCN(c2ccc(/C=C/C(=O)O)c(Br)c2)CC1. The van der Waals surface area contributed by atoms with Gasteiger partial charge in [0.25, 0.3) is 0 Å². The maximum absolute atomic E-state index is 10.6. The van der Waals surface area contributed by atoms with Crippen molar-refractivity contribution in [2.75, 3.05) is 18.0 Å². The fourth-order valence-electron chi connectivity index (χ4n) is 2.90. The van der Waals surface area contributed by atoms with Gasteiger partial charge in [0.05, 0.1) is 0 Å². The second-order valence-electron chi connectivity index (χ2n) is 5.60. The van der Waals surface area contributed by atoms with E-state index in [1.54, 1.807) is 6.08 Å². The van der Waals surface area contributed by atoms with Crippen molar-refractivity contribution in [3.05, 3.63) is 34.3 Å². The van der Waals surface area contributed by atoms with Crippen molar-refractivity contribution < 1.29 is 9.90 Å². The van der Waals surface area contributed by atoms with Crippen LogP contribution in [0.1, 0.15) is 38.2 Å². The highest BCUT2D eigenvalue weighted by molar-refractivity contribution is 9.10. The maximum atomic E-state index is 10.6. The predicted octanol–water partition coefficient (Wildman–Crippen LogP) is 4.56. The van der Waals surface area contributed by atoms with Gasteiger partial charge in [0, 0.05) is 29.3 Å². The molecule has 1 aliphatic rings. The Morgan fingerprint density at radius 1 is 1.43 bits per heavy atom. The minimum absolute atomic E-state index is 0.882. The van der Waals surface area contributed by atoms with Gasteiger partial charge in [0.2, 0.25) is 0 Å². The minimum Gasteiger partial charge on any atom is -0.478 e. The number of halogens is 1. The Balaban J connectivity index is 2.02. The fourth-order valence-corrected chi connectivity index (χ4v) is 3.40. The Kier molecular flexibility index (Phi) is 5.85. The second kappa shape index (κ2) is 7.64. The molecular weight excluding hydrogens is 330 g/mol. The molecule has 0 radical (unpaired) electrons. The van der Waals surface area contributed by atoms with E-state index in [0.717, 1.165) is 35.1 Å². The van der Waals surface area contributed by atoms with Crippen molar-refractivity contribution in [2.45, 2.75) is 32.6 Å². The summed E-state index contributed by atoms with van der Waals surface area (Å²) in [6, 6.07) is 6.13. The normalized spacial score (nSPS) is 16.6. The summed E-state index contributed by atoms with van der Waals surface area (Å²) >= 11 is 3.53. The number of nitrogens with zero attached hydrogens (tertiary/aromatic N) is 1. The standard InChI is InChI=1S/C17H22BrNO2/c1-2-3-13-8-10-19(11-9-13)15-6-4-14(16(18)12-15)5-7-17(20)21/h4-7,12-13H,2-3,8-11H2,1H3,(H,20,21)/b7-5+. The van der Waals surface area contributed by atoms with Gasteiger partial charge in [-0.25, -0.2) is 4.79 Å². The van der Waals surface area contributed by atoms with Crippen LogP contribution in [-0.4, -0.2) is 24.2 Å². The molecule has 1 N–H and O–H groups in total. The first-order valence-corrected chi connectivity index (χ1v) is 8.35. The van der Waals surface area contributed by atoms with Crippen LogP contribution in [-0.2, 0) is 4.79 Å². The quantitative estimate of drug-likeness (QED) is 0.790. The lowest BCUT2D eigenvalue weighted by molar-refractivity contribution is -0.131. The summed E-state index contributed by atoms with van der Waals surface area (Å²) in [6.45, 7) is 4.48. The molecule has 1 aliphatic heterocycles. The molecule has 1 heterocycles. The van der Waals surface area contributed by atoms with Gasteiger partial charge in [-0.2, -0.15) is 0 Å². The van der Waals surface area contributed by atoms with Crippen LogP contribution in [0.2, 0.25) is 0 Å². The molecule has 0 saturated carbocycles. The van der Waals surface area contributed by atoms with E-state index in [-0.39, 0.29) is 0 Å². The monoisotopic (exact) mass is 351 g/mol. The van der Waals surface area contributed by atoms with Crippen molar-refractivity contribution in [3.8, 4) is 0 Å². The zero-order valence-electron chi connectivity index (χ0n) is 12.4. The lowest BCUT2D eigenvalue weighted by Crippen LogP contribution is -2.33. The minimum atomic E-state index is -0.927. The van der Waals surface area contributed by atoms with Crippen LogP contribution in [0.25, 0.3) is 6.08 Å². The first kappa shape index (κ1) is 16.1. The van der Waals surface area contributed by atoms with E-state index in [1.165, 1.54) is 31.4 Å². The summed E-state index contributed by atoms with van der Waals surface area (Å²) in [5.74, 6) is -0.0450. The van der Waals surface area contributed by atoms with E-state index in [9.17, 15) is 4.79 Å². The Hall–Kier alpha value is -1.29. The molecule has 1 aromatic rings. The summed E-state index contributed by atoms with van der Waals surface area (Å²) in [4.78, 5) is 13.0. The van der Waals surface area contributed by atoms with Crippen molar-refractivity contribution >= 4 is 33.7 Å². The number of carboxylic acids is 1. The number of rotatable bonds is 5. The van der Waals surface area contributed by atoms with E-state index in [2.05, 4.69) is 39.9 Å². The lowest BCUT2D eigenvalue weighted by atomic mass is 9.92. The zero-order valence-corrected chi connectivity index (χ0v) is 14.0. The van der Waals surface area contributed by atoms with Gasteiger partial charge < -0.3 is 10.0 Å². The number of hydrogen-bond donors (Lipinski definition) is 1. The molecule has 3 nitrogen and oxygen atoms in total. The topological polar surface area (TPSA) is 40.5 Å². The van der Waals surface area contributed by atoms with Crippen LogP contribution >= 0.6 is 15.9 Å². The molecule has 114 valence electrons. The number of carbonyl (C=O) groups is 1. The van der Waals surface area contributed by atoms with Crippen molar-refractivity contribution in [2.24, 2.45) is 5.92 Å². The number of anilines is 1. The highest BCUT2D eigenvalue weighted by Crippen LogP contribution is 2.29. The van der Waals surface area contributed by atoms with E-state index in [0.29, 0.717) is 0 Å². The molecule has 4 heteroatoms. The molecule has 0 unspecified atom stereocenters. The summed E-state index contributed by atoms with van der Waals surface area (Å²) in [5.41, 5.74) is 2.10. The smallest absolute Gasteiger partial charge is 0.328 e. The Bertz CT molecular complexity index is 520. The predicted molar refractivity (Wildman–Crippen MR) is 90.7 cm³/mol. The van der Waals surface area contributed by atoms with Gasteiger partial charge >= 0.3 is 5.97 Å². The Morgan fingerprint density at radius 2 is 2.14 bits per heavy atom. The largest absolute Gasteiger partial charge is 0.478 e. The Morgan fingerprint density at radius 3 is 2.71 bits per heavy atom. The summed E-state index contributed by atoms with van der Waals surface area (Å²) in [5, 5.41) is 8.68. The second-order valence-corrected chi connectivity index (χ2v) is 6.45.